The molecule has 1 saturated heterocycles. The molecule has 0 radical (unpaired) electrons. The molecule has 1 aromatic rings. The van der Waals surface area contributed by atoms with Crippen molar-refractivity contribution in [3.8, 4) is 0 Å². The number of nitrogens with two attached hydrogens (primary N) is 1. The molecule has 0 aliphatic carbocycles. The SMILES string of the molecule is NOCC1CCN(C(=O)c2cccc(F)c2)C1. The van der Waals surface area contributed by atoms with Crippen molar-refractivity contribution in [2.24, 2.45) is 11.8 Å². The van der Waals surface area contributed by atoms with Gasteiger partial charge in [0.1, 0.15) is 5.82 Å². The Kier molecular flexibility index (Phi) is 3.71. The Balaban J connectivity index is 2.02. The van der Waals surface area contributed by atoms with Crippen molar-refractivity contribution in [2.75, 3.05) is 19.7 Å². The maximum atomic E-state index is 13.0. The highest BCUT2D eigenvalue weighted by Crippen LogP contribution is 2.19. The summed E-state index contributed by atoms with van der Waals surface area (Å²) in [5, 5.41) is 0. The number of amides is 1. The maximum Gasteiger partial charge on any atom is 0.253 e. The molecule has 1 aromatic carbocycles. The number of nitrogens with zero attached hydrogens (tertiary/aromatic N) is 1. The average Bonchev–Trinajstić information content (AvgIpc) is 2.77. The first-order valence-electron chi connectivity index (χ1n) is 5.57. The largest absolute Gasteiger partial charge is 0.338 e. The molecule has 2 N–H and O–H groups in total. The van der Waals surface area contributed by atoms with Gasteiger partial charge in [0.15, 0.2) is 0 Å². The van der Waals surface area contributed by atoms with Crippen molar-refractivity contribution in [3.63, 3.8) is 0 Å². The van der Waals surface area contributed by atoms with Gasteiger partial charge in [0.25, 0.3) is 5.91 Å². The molecule has 4 nitrogen and oxygen atoms in total. The lowest BCUT2D eigenvalue weighted by Crippen LogP contribution is -2.29. The van der Waals surface area contributed by atoms with Crippen molar-refractivity contribution in [1.29, 1.82) is 0 Å². The van der Waals surface area contributed by atoms with Crippen LogP contribution in [0.15, 0.2) is 24.3 Å². The zero-order chi connectivity index (χ0) is 12.3. The number of carbonyl (C=O) groups is 1. The van der Waals surface area contributed by atoms with E-state index in [4.69, 9.17) is 5.90 Å². The number of hydrogen-bond acceptors (Lipinski definition) is 3. The zero-order valence-electron chi connectivity index (χ0n) is 9.43. The predicted molar refractivity (Wildman–Crippen MR) is 60.5 cm³/mol. The van der Waals surface area contributed by atoms with Gasteiger partial charge < -0.3 is 9.74 Å². The zero-order valence-corrected chi connectivity index (χ0v) is 9.43. The number of hydrogen-bond donors (Lipinski definition) is 1. The van der Waals surface area contributed by atoms with E-state index in [1.807, 2.05) is 0 Å². The molecule has 17 heavy (non-hydrogen) atoms. The molecule has 5 heteroatoms. The minimum absolute atomic E-state index is 0.135. The Hall–Kier alpha value is -1.46. The monoisotopic (exact) mass is 238 g/mol. The molecule has 1 unspecified atom stereocenters. The van der Waals surface area contributed by atoms with Gasteiger partial charge in [-0.3, -0.25) is 4.79 Å². The van der Waals surface area contributed by atoms with Gasteiger partial charge in [-0.05, 0) is 24.6 Å². The van der Waals surface area contributed by atoms with Crippen LogP contribution in [0.4, 0.5) is 4.39 Å². The highest BCUT2D eigenvalue weighted by Gasteiger charge is 2.26. The average molecular weight is 238 g/mol. The quantitative estimate of drug-likeness (QED) is 0.804. The lowest BCUT2D eigenvalue weighted by molar-refractivity contribution is 0.0754. The van der Waals surface area contributed by atoms with Gasteiger partial charge in [0.05, 0.1) is 6.61 Å². The van der Waals surface area contributed by atoms with Crippen LogP contribution in [0.1, 0.15) is 16.8 Å². The van der Waals surface area contributed by atoms with Gasteiger partial charge in [-0.25, -0.2) is 10.3 Å². The Morgan fingerprint density at radius 1 is 1.59 bits per heavy atom. The van der Waals surface area contributed by atoms with Crippen molar-refractivity contribution >= 4 is 5.91 Å². The van der Waals surface area contributed by atoms with Crippen LogP contribution in [0.3, 0.4) is 0 Å². The smallest absolute Gasteiger partial charge is 0.253 e. The summed E-state index contributed by atoms with van der Waals surface area (Å²) in [5.74, 6) is 4.76. The summed E-state index contributed by atoms with van der Waals surface area (Å²) in [6.45, 7) is 1.74. The van der Waals surface area contributed by atoms with E-state index in [1.54, 1.807) is 17.0 Å². The van der Waals surface area contributed by atoms with Gasteiger partial charge >= 0.3 is 0 Å². The molecule has 0 saturated carbocycles. The van der Waals surface area contributed by atoms with Crippen LogP contribution in [-0.2, 0) is 4.84 Å². The van der Waals surface area contributed by atoms with E-state index in [1.165, 1.54) is 12.1 Å². The summed E-state index contributed by atoms with van der Waals surface area (Å²) in [6.07, 6.45) is 0.873. The third-order valence-electron chi connectivity index (χ3n) is 2.98. The molecule has 0 bridgehead atoms. The van der Waals surface area contributed by atoms with Gasteiger partial charge in [0, 0.05) is 24.6 Å². The summed E-state index contributed by atoms with van der Waals surface area (Å²) in [6, 6.07) is 5.75. The van der Waals surface area contributed by atoms with Gasteiger partial charge in [-0.15, -0.1) is 0 Å². The third kappa shape index (κ3) is 2.81. The fourth-order valence-electron chi connectivity index (χ4n) is 2.09. The molecule has 0 aromatic heterocycles. The standard InChI is InChI=1S/C12H15FN2O2/c13-11-3-1-2-10(6-11)12(16)15-5-4-9(7-15)8-17-14/h1-3,6,9H,4-5,7-8,14H2. The van der Waals surface area contributed by atoms with Crippen LogP contribution < -0.4 is 5.90 Å². The van der Waals surface area contributed by atoms with Crippen molar-refractivity contribution < 1.29 is 14.0 Å². The minimum Gasteiger partial charge on any atom is -0.338 e. The number of likely N-dealkylation sites (tertiary alicyclic amines) is 1. The van der Waals surface area contributed by atoms with Crippen LogP contribution in [0, 0.1) is 11.7 Å². The summed E-state index contributed by atoms with van der Waals surface area (Å²) in [7, 11) is 0. The Morgan fingerprint density at radius 3 is 3.12 bits per heavy atom. The van der Waals surface area contributed by atoms with Crippen LogP contribution in [0.25, 0.3) is 0 Å². The first kappa shape index (κ1) is 12.0. The van der Waals surface area contributed by atoms with Crippen LogP contribution in [0.5, 0.6) is 0 Å². The molecule has 1 aliphatic heterocycles. The van der Waals surface area contributed by atoms with Crippen LogP contribution in [-0.4, -0.2) is 30.5 Å². The summed E-state index contributed by atoms with van der Waals surface area (Å²) >= 11 is 0. The summed E-state index contributed by atoms with van der Waals surface area (Å²) in [4.78, 5) is 18.3. The summed E-state index contributed by atoms with van der Waals surface area (Å²) in [5.41, 5.74) is 0.388. The Morgan fingerprint density at radius 2 is 2.41 bits per heavy atom. The highest BCUT2D eigenvalue weighted by atomic mass is 19.1. The van der Waals surface area contributed by atoms with E-state index < -0.39 is 5.82 Å². The van der Waals surface area contributed by atoms with Gasteiger partial charge in [0.2, 0.25) is 0 Å². The van der Waals surface area contributed by atoms with E-state index in [9.17, 15) is 9.18 Å². The number of rotatable bonds is 3. The van der Waals surface area contributed by atoms with Crippen LogP contribution >= 0.6 is 0 Å². The van der Waals surface area contributed by atoms with Gasteiger partial charge in [-0.1, -0.05) is 6.07 Å². The maximum absolute atomic E-state index is 13.0. The molecule has 1 aliphatic rings. The van der Waals surface area contributed by atoms with Gasteiger partial charge in [-0.2, -0.15) is 0 Å². The highest BCUT2D eigenvalue weighted by molar-refractivity contribution is 5.94. The fourth-order valence-corrected chi connectivity index (χ4v) is 2.09. The lowest BCUT2D eigenvalue weighted by Gasteiger charge is -2.16. The van der Waals surface area contributed by atoms with Crippen molar-refractivity contribution in [3.05, 3.63) is 35.6 Å². The predicted octanol–water partition coefficient (Wildman–Crippen LogP) is 1.18. The van der Waals surface area contributed by atoms with E-state index in [-0.39, 0.29) is 11.8 Å². The second-order valence-electron chi connectivity index (χ2n) is 4.25. The molecule has 92 valence electrons. The first-order chi connectivity index (χ1) is 8.20. The Labute approximate surface area is 99.1 Å². The second-order valence-corrected chi connectivity index (χ2v) is 4.25. The summed E-state index contributed by atoms with van der Waals surface area (Å²) < 4.78 is 13.0. The molecule has 2 rings (SSSR count). The van der Waals surface area contributed by atoms with E-state index in [0.29, 0.717) is 25.3 Å². The first-order valence-corrected chi connectivity index (χ1v) is 5.57. The number of carbonyl (C=O) groups excluding carboxylic acids is 1. The minimum atomic E-state index is -0.392. The molecule has 0 spiro atoms. The molecule has 1 fully saturated rings. The van der Waals surface area contributed by atoms with E-state index in [0.717, 1.165) is 6.42 Å². The topological polar surface area (TPSA) is 55.6 Å². The molecular formula is C12H15FN2O2. The second kappa shape index (κ2) is 5.25. The van der Waals surface area contributed by atoms with Crippen molar-refractivity contribution in [2.45, 2.75) is 6.42 Å². The molecule has 1 atom stereocenters. The van der Waals surface area contributed by atoms with E-state index in [2.05, 4.69) is 4.84 Å². The molecular weight excluding hydrogens is 223 g/mol. The fraction of sp³-hybridized carbons (Fsp3) is 0.417. The number of halogens is 1. The molecule has 1 heterocycles. The third-order valence-corrected chi connectivity index (χ3v) is 2.98. The normalized spacial score (nSPS) is 19.6. The lowest BCUT2D eigenvalue weighted by atomic mass is 10.1. The number of benzene rings is 1. The Bertz CT molecular complexity index is 411. The van der Waals surface area contributed by atoms with E-state index >= 15 is 0 Å². The van der Waals surface area contributed by atoms with Crippen LogP contribution in [0.2, 0.25) is 0 Å². The molecule has 1 amide bonds. The van der Waals surface area contributed by atoms with Crippen molar-refractivity contribution in [1.82, 2.24) is 4.90 Å².